The van der Waals surface area contributed by atoms with E-state index in [0.717, 1.165) is 35.3 Å². The van der Waals surface area contributed by atoms with Gasteiger partial charge in [-0.3, -0.25) is 14.5 Å². The number of carbonyl (C=O) groups is 3. The second-order valence-corrected chi connectivity index (χ2v) is 10.4. The van der Waals surface area contributed by atoms with Crippen molar-refractivity contribution in [2.24, 2.45) is 0 Å². The van der Waals surface area contributed by atoms with Crippen molar-refractivity contribution in [3.05, 3.63) is 80.9 Å². The monoisotopic (exact) mass is 548 g/mol. The number of benzene rings is 2. The van der Waals surface area contributed by atoms with E-state index in [2.05, 4.69) is 11.9 Å². The molecule has 1 aromatic heterocycles. The van der Waals surface area contributed by atoms with Gasteiger partial charge in [-0.1, -0.05) is 54.5 Å². The van der Waals surface area contributed by atoms with Gasteiger partial charge in [-0.25, -0.2) is 9.78 Å². The molecule has 0 bridgehead atoms. The number of thiazole rings is 1. The number of ether oxygens (including phenoxy) is 2. The summed E-state index contributed by atoms with van der Waals surface area (Å²) < 4.78 is 11.0. The smallest absolute Gasteiger partial charge is 0.350 e. The van der Waals surface area contributed by atoms with Crippen molar-refractivity contribution in [3.8, 4) is 5.75 Å². The van der Waals surface area contributed by atoms with Crippen LogP contribution in [0.1, 0.15) is 70.4 Å². The zero-order valence-electron chi connectivity index (χ0n) is 22.7. The van der Waals surface area contributed by atoms with Crippen LogP contribution >= 0.6 is 11.3 Å². The van der Waals surface area contributed by atoms with Crippen LogP contribution in [0.25, 0.3) is 5.76 Å². The number of aliphatic hydroxyl groups excluding tert-OH is 1. The first-order valence-electron chi connectivity index (χ1n) is 12.9. The second-order valence-electron chi connectivity index (χ2n) is 9.39. The molecule has 39 heavy (non-hydrogen) atoms. The van der Waals surface area contributed by atoms with Gasteiger partial charge in [0.2, 0.25) is 0 Å². The molecule has 1 atom stereocenters. The molecule has 3 aromatic rings. The fraction of sp³-hybridized carbons (Fsp3) is 0.333. The highest BCUT2D eigenvalue weighted by atomic mass is 32.1. The zero-order valence-corrected chi connectivity index (χ0v) is 23.6. The van der Waals surface area contributed by atoms with Crippen molar-refractivity contribution < 1.29 is 29.0 Å². The average Bonchev–Trinajstić information content (AvgIpc) is 3.42. The number of nitrogens with zero attached hydrogens (tertiary/aromatic N) is 2. The van der Waals surface area contributed by atoms with E-state index in [9.17, 15) is 19.5 Å². The van der Waals surface area contributed by atoms with E-state index in [1.54, 1.807) is 32.0 Å². The van der Waals surface area contributed by atoms with Gasteiger partial charge in [0, 0.05) is 5.56 Å². The molecule has 1 unspecified atom stereocenters. The van der Waals surface area contributed by atoms with Crippen LogP contribution in [0.3, 0.4) is 0 Å². The molecule has 0 saturated carbocycles. The average molecular weight is 549 g/mol. The molecule has 1 fully saturated rings. The number of aryl methyl sites for hydroxylation is 3. The molecule has 1 amide bonds. The van der Waals surface area contributed by atoms with Crippen molar-refractivity contribution in [1.29, 1.82) is 0 Å². The van der Waals surface area contributed by atoms with Crippen LogP contribution in [-0.4, -0.2) is 41.0 Å². The van der Waals surface area contributed by atoms with Crippen LogP contribution in [0, 0.1) is 20.8 Å². The summed E-state index contributed by atoms with van der Waals surface area (Å²) in [5, 5.41) is 11.6. The number of ketones is 1. The minimum Gasteiger partial charge on any atom is -0.507 e. The minimum atomic E-state index is -0.938. The lowest BCUT2D eigenvalue weighted by molar-refractivity contribution is -0.132. The van der Waals surface area contributed by atoms with Gasteiger partial charge in [0.05, 0.1) is 30.5 Å². The lowest BCUT2D eigenvalue weighted by atomic mass is 9.94. The molecule has 4 rings (SSSR count). The molecular weight excluding hydrogens is 516 g/mol. The number of hydrogen-bond donors (Lipinski definition) is 1. The Labute approximate surface area is 231 Å². The SMILES string of the molecule is CCCCOc1ccc(C(O)=C2C(=O)C(=O)N(c3nc(C)c(C(=O)OCC)s3)C2c2ccc(C)cc2)cc1C. The Bertz CT molecular complexity index is 1440. The Kier molecular flexibility index (Phi) is 8.50. The van der Waals surface area contributed by atoms with E-state index in [0.29, 0.717) is 29.2 Å². The van der Waals surface area contributed by atoms with Crippen LogP contribution in [0.5, 0.6) is 5.75 Å². The molecule has 8 nitrogen and oxygen atoms in total. The number of Topliss-reactive ketones (excluding diaryl/α,β-unsaturated/α-hetero) is 1. The van der Waals surface area contributed by atoms with Crippen LogP contribution in [0.2, 0.25) is 0 Å². The maximum Gasteiger partial charge on any atom is 0.350 e. The molecule has 1 saturated heterocycles. The summed E-state index contributed by atoms with van der Waals surface area (Å²) in [7, 11) is 0. The molecular formula is C30H32N2O6S. The third kappa shape index (κ3) is 5.59. The Morgan fingerprint density at radius 2 is 1.79 bits per heavy atom. The second kappa shape index (κ2) is 11.8. The predicted octanol–water partition coefficient (Wildman–Crippen LogP) is 6.05. The van der Waals surface area contributed by atoms with E-state index in [1.165, 1.54) is 4.90 Å². The van der Waals surface area contributed by atoms with Gasteiger partial charge in [0.25, 0.3) is 5.78 Å². The first-order valence-corrected chi connectivity index (χ1v) is 13.7. The van der Waals surface area contributed by atoms with Crippen molar-refractivity contribution in [2.75, 3.05) is 18.1 Å². The lowest BCUT2D eigenvalue weighted by Crippen LogP contribution is -2.29. The minimum absolute atomic E-state index is 0.0477. The third-order valence-corrected chi connectivity index (χ3v) is 7.63. The Morgan fingerprint density at radius 3 is 2.44 bits per heavy atom. The highest BCUT2D eigenvalue weighted by Crippen LogP contribution is 2.44. The van der Waals surface area contributed by atoms with E-state index in [-0.39, 0.29) is 27.9 Å². The Hall–Kier alpha value is -3.98. The van der Waals surface area contributed by atoms with Crippen LogP contribution in [0.4, 0.5) is 5.13 Å². The molecule has 0 aliphatic carbocycles. The summed E-state index contributed by atoms with van der Waals surface area (Å²) in [5.74, 6) is -1.80. The Balaban J connectivity index is 1.83. The fourth-order valence-electron chi connectivity index (χ4n) is 4.41. The summed E-state index contributed by atoms with van der Waals surface area (Å²) >= 11 is 0.982. The predicted molar refractivity (Wildman–Crippen MR) is 150 cm³/mol. The van der Waals surface area contributed by atoms with Gasteiger partial charge in [-0.05, 0) is 63.4 Å². The number of amides is 1. The van der Waals surface area contributed by atoms with Crippen LogP contribution in [-0.2, 0) is 14.3 Å². The van der Waals surface area contributed by atoms with Gasteiger partial charge >= 0.3 is 11.9 Å². The highest BCUT2D eigenvalue weighted by molar-refractivity contribution is 7.17. The zero-order chi connectivity index (χ0) is 28.3. The summed E-state index contributed by atoms with van der Waals surface area (Å²) in [6, 6.07) is 11.6. The summed E-state index contributed by atoms with van der Waals surface area (Å²) in [6.45, 7) is 10.0. The molecule has 1 N–H and O–H groups in total. The molecule has 1 aliphatic heterocycles. The topological polar surface area (TPSA) is 106 Å². The fourth-order valence-corrected chi connectivity index (χ4v) is 5.39. The number of aromatic nitrogens is 1. The molecule has 2 aromatic carbocycles. The maximum atomic E-state index is 13.5. The Morgan fingerprint density at radius 1 is 1.08 bits per heavy atom. The summed E-state index contributed by atoms with van der Waals surface area (Å²) in [5.41, 5.74) is 3.17. The number of rotatable bonds is 9. The molecule has 9 heteroatoms. The molecule has 0 spiro atoms. The maximum absolute atomic E-state index is 13.5. The standard InChI is InChI=1S/C30H32N2O6S/c1-6-8-15-38-22-14-13-21(16-18(22)4)25(33)23-24(20-11-9-17(3)10-12-20)32(28(35)26(23)34)30-31-19(5)27(39-30)29(36)37-7-2/h9-14,16,24,33H,6-8,15H2,1-5H3. The number of unbranched alkanes of at least 4 members (excludes halogenated alkanes) is 1. The number of hydrogen-bond acceptors (Lipinski definition) is 8. The molecule has 204 valence electrons. The number of aliphatic hydroxyl groups is 1. The molecule has 2 heterocycles. The van der Waals surface area contributed by atoms with Gasteiger partial charge < -0.3 is 14.6 Å². The third-order valence-electron chi connectivity index (χ3n) is 6.49. The highest BCUT2D eigenvalue weighted by Gasteiger charge is 2.48. The molecule has 1 aliphatic rings. The van der Waals surface area contributed by atoms with Crippen LogP contribution in [0.15, 0.2) is 48.0 Å². The van der Waals surface area contributed by atoms with Gasteiger partial charge in [0.15, 0.2) is 5.13 Å². The van der Waals surface area contributed by atoms with Crippen molar-refractivity contribution >= 4 is 39.9 Å². The van der Waals surface area contributed by atoms with Crippen molar-refractivity contribution in [1.82, 2.24) is 4.98 Å². The van der Waals surface area contributed by atoms with Gasteiger partial charge in [0.1, 0.15) is 16.4 Å². The first kappa shape index (κ1) is 28.0. The van der Waals surface area contributed by atoms with E-state index < -0.39 is 23.7 Å². The van der Waals surface area contributed by atoms with E-state index in [4.69, 9.17) is 9.47 Å². The largest absolute Gasteiger partial charge is 0.507 e. The van der Waals surface area contributed by atoms with E-state index >= 15 is 0 Å². The molecule has 0 radical (unpaired) electrons. The first-order chi connectivity index (χ1) is 18.7. The summed E-state index contributed by atoms with van der Waals surface area (Å²) in [4.78, 5) is 45.3. The van der Waals surface area contributed by atoms with E-state index in [1.807, 2.05) is 38.1 Å². The van der Waals surface area contributed by atoms with Crippen LogP contribution < -0.4 is 9.64 Å². The van der Waals surface area contributed by atoms with Crippen molar-refractivity contribution in [3.63, 3.8) is 0 Å². The number of anilines is 1. The van der Waals surface area contributed by atoms with Crippen molar-refractivity contribution in [2.45, 2.75) is 53.5 Å². The number of carbonyl (C=O) groups excluding carboxylic acids is 3. The quantitative estimate of drug-likeness (QED) is 0.114. The lowest BCUT2D eigenvalue weighted by Gasteiger charge is -2.23. The normalized spacial score (nSPS) is 16.5. The van der Waals surface area contributed by atoms with Gasteiger partial charge in [-0.15, -0.1) is 0 Å². The summed E-state index contributed by atoms with van der Waals surface area (Å²) in [6.07, 6.45) is 1.94. The number of esters is 1. The van der Waals surface area contributed by atoms with Gasteiger partial charge in [-0.2, -0.15) is 0 Å².